The van der Waals surface area contributed by atoms with E-state index < -0.39 is 8.25 Å². The van der Waals surface area contributed by atoms with Crippen molar-refractivity contribution >= 4 is 8.25 Å². The number of hydrogen-bond donors (Lipinski definition) is 1. The molecule has 0 fully saturated rings. The summed E-state index contributed by atoms with van der Waals surface area (Å²) in [6.07, 6.45) is 4.51. The molecule has 1 N–H and O–H groups in total. The lowest BCUT2D eigenvalue weighted by molar-refractivity contribution is 0.272. The van der Waals surface area contributed by atoms with E-state index in [4.69, 9.17) is 4.89 Å². The van der Waals surface area contributed by atoms with E-state index in [1.165, 1.54) is 18.4 Å². The van der Waals surface area contributed by atoms with Crippen molar-refractivity contribution < 1.29 is 14.0 Å². The first-order valence-corrected chi connectivity index (χ1v) is 7.88. The normalized spacial score (nSPS) is 13.1. The highest BCUT2D eigenvalue weighted by Crippen LogP contribution is 2.20. The van der Waals surface area contributed by atoms with Crippen LogP contribution in [0.2, 0.25) is 0 Å². The van der Waals surface area contributed by atoms with Gasteiger partial charge in [-0.15, -0.1) is 6.58 Å². The maximum Gasteiger partial charge on any atom is 0.316 e. The van der Waals surface area contributed by atoms with Crippen LogP contribution in [0.25, 0.3) is 0 Å². The zero-order valence-electron chi connectivity index (χ0n) is 12.1. The third-order valence-electron chi connectivity index (χ3n) is 2.72. The minimum Gasteiger partial charge on any atom is -0.326 e. The van der Waals surface area contributed by atoms with Crippen molar-refractivity contribution in [3.05, 3.63) is 48.0 Å². The van der Waals surface area contributed by atoms with Crippen LogP contribution in [0, 0.1) is 0 Å². The molecule has 108 valence electrons. The van der Waals surface area contributed by atoms with Crippen molar-refractivity contribution in [3.63, 3.8) is 0 Å². The molecule has 0 heterocycles. The minimum atomic E-state index is -2.83. The monoisotopic (exact) mass is 284 g/mol. The van der Waals surface area contributed by atoms with Crippen molar-refractivity contribution in [2.75, 3.05) is 0 Å². The van der Waals surface area contributed by atoms with Gasteiger partial charge in [0.2, 0.25) is 0 Å². The summed E-state index contributed by atoms with van der Waals surface area (Å²) in [4.78, 5) is 8.51. The largest absolute Gasteiger partial charge is 0.326 e. The third-order valence-corrected chi connectivity index (χ3v) is 3.11. The van der Waals surface area contributed by atoms with Gasteiger partial charge in [-0.25, -0.2) is 0 Å². The zero-order valence-corrected chi connectivity index (χ0v) is 13.1. The lowest BCUT2D eigenvalue weighted by Crippen LogP contribution is -1.90. The molecule has 1 aromatic rings. The Labute approximate surface area is 117 Å². The molecule has 0 bridgehead atoms. The molecule has 2 atom stereocenters. The first-order chi connectivity index (χ1) is 9.04. The molecule has 1 rings (SSSR count). The molecular formula is C15H25O3P. The van der Waals surface area contributed by atoms with Gasteiger partial charge in [-0.05, 0) is 17.0 Å². The van der Waals surface area contributed by atoms with Crippen LogP contribution in [0.1, 0.15) is 50.7 Å². The molecule has 0 amide bonds. The lowest BCUT2D eigenvalue weighted by Gasteiger charge is -2.07. The summed E-state index contributed by atoms with van der Waals surface area (Å²) in [6, 6.07) is 7.72. The summed E-state index contributed by atoms with van der Waals surface area (Å²) in [6.45, 7) is 10.3. The second-order valence-corrected chi connectivity index (χ2v) is 5.14. The fraction of sp³-hybridized carbons (Fsp3) is 0.467. The molecule has 19 heavy (non-hydrogen) atoms. The van der Waals surface area contributed by atoms with Gasteiger partial charge in [-0.3, -0.25) is 4.57 Å². The maximum atomic E-state index is 10.3. The third kappa shape index (κ3) is 8.77. The number of allylic oxidation sites excluding steroid dienone is 1. The Morgan fingerprint density at radius 3 is 2.21 bits per heavy atom. The highest BCUT2D eigenvalue weighted by molar-refractivity contribution is 7.32. The smallest absolute Gasteiger partial charge is 0.316 e. The van der Waals surface area contributed by atoms with E-state index in [1.807, 2.05) is 30.3 Å². The van der Waals surface area contributed by atoms with E-state index in [1.54, 1.807) is 0 Å². The summed E-state index contributed by atoms with van der Waals surface area (Å²) in [7, 11) is -2.83. The lowest BCUT2D eigenvalue weighted by atomic mass is 10.0. The molecule has 0 radical (unpaired) electrons. The van der Waals surface area contributed by atoms with Gasteiger partial charge in [-0.1, -0.05) is 64.0 Å². The Balaban J connectivity index is 0.000000711. The summed E-state index contributed by atoms with van der Waals surface area (Å²) in [5.41, 5.74) is 2.06. The molecule has 3 nitrogen and oxygen atoms in total. The standard InChI is InChI=1S/C11H15O3P.C4H10/c1-3-9(2)11-6-4-10(5-7-11)8-14-15(12)13;1-3-4-2/h3-7,9,15H,1,8H2,2H3,(H,12,13);3-4H2,1-2H3. The van der Waals surface area contributed by atoms with Crippen LogP contribution in [-0.2, 0) is 15.7 Å². The van der Waals surface area contributed by atoms with Gasteiger partial charge in [0, 0.05) is 0 Å². The quantitative estimate of drug-likeness (QED) is 0.609. The number of rotatable bonds is 6. The maximum absolute atomic E-state index is 10.3. The molecule has 0 aliphatic rings. The molecule has 2 unspecified atom stereocenters. The Hall–Kier alpha value is -0.890. The van der Waals surface area contributed by atoms with Crippen molar-refractivity contribution in [2.24, 2.45) is 0 Å². The van der Waals surface area contributed by atoms with Crippen LogP contribution in [0.3, 0.4) is 0 Å². The van der Waals surface area contributed by atoms with Gasteiger partial charge >= 0.3 is 8.25 Å². The summed E-state index contributed by atoms with van der Waals surface area (Å²) in [5, 5.41) is 0. The van der Waals surface area contributed by atoms with E-state index in [0.717, 1.165) is 5.56 Å². The highest BCUT2D eigenvalue weighted by atomic mass is 31.1. The Bertz CT molecular complexity index is 371. The minimum absolute atomic E-state index is 0.178. The Morgan fingerprint density at radius 2 is 1.84 bits per heavy atom. The van der Waals surface area contributed by atoms with Gasteiger partial charge in [0.1, 0.15) is 0 Å². The molecule has 0 spiro atoms. The van der Waals surface area contributed by atoms with E-state index in [-0.39, 0.29) is 6.61 Å². The predicted molar refractivity (Wildman–Crippen MR) is 81.6 cm³/mol. The van der Waals surface area contributed by atoms with Crippen LogP contribution in [0.5, 0.6) is 0 Å². The van der Waals surface area contributed by atoms with E-state index in [0.29, 0.717) is 5.92 Å². The fourth-order valence-corrected chi connectivity index (χ4v) is 1.49. The molecule has 0 aliphatic carbocycles. The molecular weight excluding hydrogens is 259 g/mol. The Kier molecular flexibility index (Phi) is 10.5. The van der Waals surface area contributed by atoms with E-state index in [9.17, 15) is 4.57 Å². The van der Waals surface area contributed by atoms with Crippen molar-refractivity contribution in [3.8, 4) is 0 Å². The number of unbranched alkanes of at least 4 members (excludes halogenated alkanes) is 1. The molecule has 0 aromatic heterocycles. The van der Waals surface area contributed by atoms with Crippen LogP contribution in [-0.4, -0.2) is 4.89 Å². The van der Waals surface area contributed by atoms with Gasteiger partial charge in [0.25, 0.3) is 0 Å². The van der Waals surface area contributed by atoms with Crippen LogP contribution in [0.15, 0.2) is 36.9 Å². The second-order valence-electron chi connectivity index (χ2n) is 4.32. The van der Waals surface area contributed by atoms with Gasteiger partial charge < -0.3 is 9.42 Å². The first-order valence-electron chi connectivity index (χ1n) is 6.62. The first kappa shape index (κ1) is 18.1. The van der Waals surface area contributed by atoms with E-state index >= 15 is 0 Å². The van der Waals surface area contributed by atoms with Crippen LogP contribution < -0.4 is 0 Å². The molecule has 0 aliphatic heterocycles. The number of hydrogen-bond acceptors (Lipinski definition) is 2. The SMILES string of the molecule is C=CC(C)c1ccc(CO[PH](=O)O)cc1.CCCC. The van der Waals surface area contributed by atoms with Gasteiger partial charge in [0.15, 0.2) is 0 Å². The molecule has 0 saturated heterocycles. The highest BCUT2D eigenvalue weighted by Gasteiger charge is 2.01. The second kappa shape index (κ2) is 11.0. The van der Waals surface area contributed by atoms with E-state index in [2.05, 4.69) is 31.9 Å². The van der Waals surface area contributed by atoms with Gasteiger partial charge in [-0.2, -0.15) is 0 Å². The Morgan fingerprint density at radius 1 is 1.32 bits per heavy atom. The number of benzene rings is 1. The average molecular weight is 284 g/mol. The molecule has 1 aromatic carbocycles. The predicted octanol–water partition coefficient (Wildman–Crippen LogP) is 4.68. The van der Waals surface area contributed by atoms with Crippen molar-refractivity contribution in [2.45, 2.75) is 46.1 Å². The fourth-order valence-electron chi connectivity index (χ4n) is 1.20. The summed E-state index contributed by atoms with van der Waals surface area (Å²) < 4.78 is 15.0. The zero-order chi connectivity index (χ0) is 14.7. The van der Waals surface area contributed by atoms with Crippen LogP contribution >= 0.6 is 8.25 Å². The average Bonchev–Trinajstić information content (AvgIpc) is 2.45. The summed E-state index contributed by atoms with van der Waals surface area (Å²) >= 11 is 0. The summed E-state index contributed by atoms with van der Waals surface area (Å²) in [5.74, 6) is 0.317. The molecule has 0 saturated carbocycles. The van der Waals surface area contributed by atoms with Crippen molar-refractivity contribution in [1.82, 2.24) is 0 Å². The topological polar surface area (TPSA) is 46.5 Å². The van der Waals surface area contributed by atoms with Crippen molar-refractivity contribution in [1.29, 1.82) is 0 Å². The van der Waals surface area contributed by atoms with Gasteiger partial charge in [0.05, 0.1) is 6.61 Å². The van der Waals surface area contributed by atoms with Crippen LogP contribution in [0.4, 0.5) is 0 Å². The molecule has 4 heteroatoms.